The Hall–Kier alpha value is -2.52. The predicted molar refractivity (Wildman–Crippen MR) is 109 cm³/mol. The van der Waals surface area contributed by atoms with E-state index < -0.39 is 11.6 Å². The van der Waals surface area contributed by atoms with Crippen LogP contribution in [0.15, 0.2) is 23.1 Å². The minimum absolute atomic E-state index is 0.152. The third kappa shape index (κ3) is 3.79. The van der Waals surface area contributed by atoms with Crippen LogP contribution < -0.4 is 5.56 Å². The normalized spacial score (nSPS) is 21.9. The first-order valence-electron chi connectivity index (χ1n) is 10.2. The van der Waals surface area contributed by atoms with Gasteiger partial charge in [-0.25, -0.2) is 9.18 Å². The molecular formula is C21H27FN4O4. The molecule has 0 spiro atoms. The number of amides is 1. The molecule has 0 radical (unpaired) electrons. The van der Waals surface area contributed by atoms with E-state index in [1.807, 2.05) is 20.8 Å². The summed E-state index contributed by atoms with van der Waals surface area (Å²) < 4.78 is 22.1. The lowest BCUT2D eigenvalue weighted by Crippen LogP contribution is -2.54. The lowest BCUT2D eigenvalue weighted by Gasteiger charge is -2.40. The fourth-order valence-corrected chi connectivity index (χ4v) is 4.51. The van der Waals surface area contributed by atoms with Gasteiger partial charge < -0.3 is 19.3 Å². The summed E-state index contributed by atoms with van der Waals surface area (Å²) >= 11 is 0. The summed E-state index contributed by atoms with van der Waals surface area (Å²) in [6.07, 6.45) is -0.0148. The highest BCUT2D eigenvalue weighted by Crippen LogP contribution is 2.34. The van der Waals surface area contributed by atoms with Crippen LogP contribution in [-0.2, 0) is 11.3 Å². The lowest BCUT2D eigenvalue weighted by molar-refractivity contribution is -0.0517. The fraction of sp³-hybridized carbons (Fsp3) is 0.571. The number of aromatic nitrogens is 2. The molecule has 1 fully saturated rings. The molecule has 30 heavy (non-hydrogen) atoms. The van der Waals surface area contributed by atoms with Crippen LogP contribution in [-0.4, -0.2) is 75.0 Å². The zero-order chi connectivity index (χ0) is 21.6. The molecular weight excluding hydrogens is 391 g/mol. The van der Waals surface area contributed by atoms with Crippen LogP contribution in [0.4, 0.5) is 9.18 Å². The highest BCUT2D eigenvalue weighted by Gasteiger charge is 2.34. The summed E-state index contributed by atoms with van der Waals surface area (Å²) in [4.78, 5) is 31.6. The first-order chi connectivity index (χ1) is 14.1. The maximum absolute atomic E-state index is 14.7. The third-order valence-electron chi connectivity index (χ3n) is 5.93. The maximum atomic E-state index is 14.7. The van der Waals surface area contributed by atoms with Gasteiger partial charge in [-0.05, 0) is 26.8 Å². The average Bonchev–Trinajstić information content (AvgIpc) is 3.05. The van der Waals surface area contributed by atoms with Crippen LogP contribution in [0.25, 0.3) is 11.0 Å². The van der Waals surface area contributed by atoms with E-state index in [-0.39, 0.29) is 29.9 Å². The number of hydrogen-bond acceptors (Lipinski definition) is 5. The molecule has 2 aromatic heterocycles. The minimum Gasteiger partial charge on any atom is -0.465 e. The van der Waals surface area contributed by atoms with Crippen molar-refractivity contribution in [1.29, 1.82) is 0 Å². The first-order valence-corrected chi connectivity index (χ1v) is 10.2. The molecule has 4 rings (SSSR count). The average molecular weight is 418 g/mol. The van der Waals surface area contributed by atoms with E-state index in [0.29, 0.717) is 49.4 Å². The molecule has 2 aliphatic rings. The molecule has 1 unspecified atom stereocenters. The van der Waals surface area contributed by atoms with E-state index in [9.17, 15) is 19.1 Å². The molecule has 8 nitrogen and oxygen atoms in total. The molecule has 0 aliphatic carbocycles. The van der Waals surface area contributed by atoms with E-state index in [1.54, 1.807) is 10.6 Å². The molecule has 0 bridgehead atoms. The largest absolute Gasteiger partial charge is 0.465 e. The van der Waals surface area contributed by atoms with Crippen molar-refractivity contribution in [3.05, 3.63) is 40.1 Å². The van der Waals surface area contributed by atoms with Gasteiger partial charge in [0.25, 0.3) is 5.56 Å². The Bertz CT molecular complexity index is 1030. The van der Waals surface area contributed by atoms with Gasteiger partial charge in [-0.1, -0.05) is 0 Å². The van der Waals surface area contributed by atoms with Gasteiger partial charge in [-0.3, -0.25) is 14.7 Å². The molecule has 1 N–H and O–H groups in total. The van der Waals surface area contributed by atoms with Crippen molar-refractivity contribution >= 4 is 17.1 Å². The third-order valence-corrected chi connectivity index (χ3v) is 5.93. The second-order valence-electron chi connectivity index (χ2n) is 9.05. The Morgan fingerprint density at radius 1 is 1.37 bits per heavy atom. The predicted octanol–water partition coefficient (Wildman–Crippen LogP) is 2.11. The Morgan fingerprint density at radius 2 is 2.13 bits per heavy atom. The minimum atomic E-state index is -0.977. The topological polar surface area (TPSA) is 87.9 Å². The van der Waals surface area contributed by atoms with Crippen LogP contribution in [0.1, 0.15) is 32.3 Å². The smallest absolute Gasteiger partial charge is 0.407 e. The number of carbonyl (C=O) groups is 1. The number of rotatable bonds is 4. The number of hydrogen-bond donors (Lipinski definition) is 1. The van der Waals surface area contributed by atoms with Crippen molar-refractivity contribution in [2.75, 3.05) is 32.8 Å². The first kappa shape index (κ1) is 20.7. The van der Waals surface area contributed by atoms with Gasteiger partial charge in [0.15, 0.2) is 0 Å². The van der Waals surface area contributed by atoms with Crippen molar-refractivity contribution in [3.8, 4) is 0 Å². The molecule has 2 aliphatic heterocycles. The van der Waals surface area contributed by atoms with Crippen molar-refractivity contribution in [2.45, 2.75) is 44.9 Å². The van der Waals surface area contributed by atoms with Gasteiger partial charge in [-0.15, -0.1) is 0 Å². The van der Waals surface area contributed by atoms with Crippen molar-refractivity contribution < 1.29 is 19.0 Å². The number of nitrogens with zero attached hydrogens (tertiary/aromatic N) is 4. The zero-order valence-corrected chi connectivity index (χ0v) is 17.5. The van der Waals surface area contributed by atoms with Gasteiger partial charge in [0.1, 0.15) is 5.82 Å². The quantitative estimate of drug-likeness (QED) is 0.818. The van der Waals surface area contributed by atoms with Crippen molar-refractivity contribution in [2.24, 2.45) is 0 Å². The molecule has 1 saturated heterocycles. The number of carboxylic acid groups (broad SMARTS) is 1. The molecule has 0 saturated carbocycles. The Kier molecular flexibility index (Phi) is 5.27. The summed E-state index contributed by atoms with van der Waals surface area (Å²) in [5.74, 6) is -0.554. The van der Waals surface area contributed by atoms with Crippen LogP contribution in [0, 0.1) is 5.82 Å². The van der Waals surface area contributed by atoms with Crippen molar-refractivity contribution in [1.82, 2.24) is 19.4 Å². The summed E-state index contributed by atoms with van der Waals surface area (Å²) in [6.45, 7) is 8.53. The fourth-order valence-electron chi connectivity index (χ4n) is 4.51. The zero-order valence-electron chi connectivity index (χ0n) is 17.5. The lowest BCUT2D eigenvalue weighted by atomic mass is 10.00. The van der Waals surface area contributed by atoms with Crippen LogP contribution in [0.2, 0.25) is 0 Å². The van der Waals surface area contributed by atoms with Gasteiger partial charge in [0, 0.05) is 49.3 Å². The molecule has 162 valence electrons. The highest BCUT2D eigenvalue weighted by atomic mass is 19.1. The number of ether oxygens (including phenoxy) is 1. The van der Waals surface area contributed by atoms with E-state index in [2.05, 4.69) is 9.88 Å². The van der Waals surface area contributed by atoms with Crippen LogP contribution in [0.3, 0.4) is 0 Å². The Labute approximate surface area is 173 Å². The maximum Gasteiger partial charge on any atom is 0.407 e. The number of pyridine rings is 2. The second-order valence-corrected chi connectivity index (χ2v) is 9.05. The van der Waals surface area contributed by atoms with Gasteiger partial charge in [0.2, 0.25) is 0 Å². The molecule has 0 aromatic carbocycles. The molecule has 1 amide bonds. The molecule has 9 heteroatoms. The Balaban J connectivity index is 1.51. The van der Waals surface area contributed by atoms with Crippen LogP contribution in [0.5, 0.6) is 0 Å². The van der Waals surface area contributed by atoms with Crippen LogP contribution >= 0.6 is 0 Å². The molecule has 2 atom stereocenters. The summed E-state index contributed by atoms with van der Waals surface area (Å²) in [5.41, 5.74) is 1.07. The molecule has 2 aromatic rings. The van der Waals surface area contributed by atoms with Gasteiger partial charge in [-0.2, -0.15) is 0 Å². The SMILES string of the molecule is CC(C)(C)N(C[C@@H]1CN(CC2Cn3c(=O)ccc4ncc(F)c2c43)CCO1)C(=O)O. The number of morpholine rings is 1. The van der Waals surface area contributed by atoms with E-state index in [0.717, 1.165) is 0 Å². The highest BCUT2D eigenvalue weighted by molar-refractivity contribution is 5.80. The second kappa shape index (κ2) is 7.63. The van der Waals surface area contributed by atoms with Gasteiger partial charge in [0.05, 0.1) is 36.5 Å². The standard InChI is InChI=1S/C21H27FN4O4/c1-21(2,3)26(20(28)29)12-14-11-24(6-7-30-14)9-13-10-25-17(27)5-4-16-19(25)18(13)15(22)8-23-16/h4-5,8,13-14H,6-7,9-12H2,1-3H3,(H,28,29)/t13?,14-/m0/s1. The van der Waals surface area contributed by atoms with E-state index in [1.165, 1.54) is 17.2 Å². The molecule has 4 heterocycles. The summed E-state index contributed by atoms with van der Waals surface area (Å²) in [6, 6.07) is 3.11. The monoisotopic (exact) mass is 418 g/mol. The summed E-state index contributed by atoms with van der Waals surface area (Å²) in [7, 11) is 0. The Morgan fingerprint density at radius 3 is 2.83 bits per heavy atom. The number of halogens is 1. The van der Waals surface area contributed by atoms with Gasteiger partial charge >= 0.3 is 6.09 Å². The summed E-state index contributed by atoms with van der Waals surface area (Å²) in [5, 5.41) is 9.55. The van der Waals surface area contributed by atoms with Crippen molar-refractivity contribution in [3.63, 3.8) is 0 Å². The van der Waals surface area contributed by atoms with E-state index in [4.69, 9.17) is 4.74 Å². The van der Waals surface area contributed by atoms with E-state index >= 15 is 0 Å².